The number of anilines is 1. The molecule has 1 rings (SSSR count). The zero-order valence-corrected chi connectivity index (χ0v) is 7.83. The fraction of sp³-hybridized carbons (Fsp3) is 0.250. The van der Waals surface area contributed by atoms with Crippen molar-refractivity contribution in [1.29, 1.82) is 0 Å². The molecule has 0 spiro atoms. The van der Waals surface area contributed by atoms with E-state index in [9.17, 15) is 0 Å². The Labute approximate surface area is 81.6 Å². The van der Waals surface area contributed by atoms with E-state index in [1.54, 1.807) is 6.08 Å². The van der Waals surface area contributed by atoms with E-state index in [2.05, 4.69) is 9.97 Å². The molecular weight excluding hydrogens is 188 g/mol. The van der Waals surface area contributed by atoms with Gasteiger partial charge in [0.05, 0.1) is 6.20 Å². The molecule has 0 saturated heterocycles. The SMILES string of the molecule is NCCC=Cc1nc(Cl)cnc1N. The molecule has 0 radical (unpaired) electrons. The van der Waals surface area contributed by atoms with E-state index < -0.39 is 0 Å². The number of halogens is 1. The van der Waals surface area contributed by atoms with Crippen molar-refractivity contribution in [3.05, 3.63) is 23.1 Å². The van der Waals surface area contributed by atoms with Crippen LogP contribution in [0.1, 0.15) is 12.1 Å². The third-order valence-electron chi connectivity index (χ3n) is 1.41. The molecule has 0 bridgehead atoms. The Kier molecular flexibility index (Phi) is 3.67. The largest absolute Gasteiger partial charge is 0.382 e. The van der Waals surface area contributed by atoms with Crippen LogP contribution >= 0.6 is 11.6 Å². The van der Waals surface area contributed by atoms with Gasteiger partial charge in [-0.25, -0.2) is 9.97 Å². The number of aromatic nitrogens is 2. The molecule has 13 heavy (non-hydrogen) atoms. The van der Waals surface area contributed by atoms with Crippen molar-refractivity contribution in [3.8, 4) is 0 Å². The zero-order chi connectivity index (χ0) is 9.68. The average Bonchev–Trinajstić information content (AvgIpc) is 2.11. The topological polar surface area (TPSA) is 77.8 Å². The Bertz CT molecular complexity index is 311. The second-order valence-electron chi connectivity index (χ2n) is 2.44. The number of nitrogen functional groups attached to an aromatic ring is 1. The minimum Gasteiger partial charge on any atom is -0.382 e. The quantitative estimate of drug-likeness (QED) is 0.762. The van der Waals surface area contributed by atoms with Crippen molar-refractivity contribution in [2.24, 2.45) is 5.73 Å². The maximum Gasteiger partial charge on any atom is 0.149 e. The van der Waals surface area contributed by atoms with Gasteiger partial charge in [-0.1, -0.05) is 17.7 Å². The third-order valence-corrected chi connectivity index (χ3v) is 1.59. The Morgan fingerprint density at radius 2 is 2.31 bits per heavy atom. The lowest BCUT2D eigenvalue weighted by atomic mass is 10.3. The summed E-state index contributed by atoms with van der Waals surface area (Å²) in [6, 6.07) is 0. The maximum atomic E-state index is 5.64. The van der Waals surface area contributed by atoms with Crippen LogP contribution in [-0.2, 0) is 0 Å². The minimum absolute atomic E-state index is 0.335. The summed E-state index contributed by atoms with van der Waals surface area (Å²) in [7, 11) is 0. The van der Waals surface area contributed by atoms with Gasteiger partial charge in [-0.3, -0.25) is 0 Å². The summed E-state index contributed by atoms with van der Waals surface area (Å²) >= 11 is 5.64. The molecule has 70 valence electrons. The van der Waals surface area contributed by atoms with Crippen LogP contribution in [0.3, 0.4) is 0 Å². The van der Waals surface area contributed by atoms with Gasteiger partial charge >= 0.3 is 0 Å². The Morgan fingerprint density at radius 1 is 1.54 bits per heavy atom. The van der Waals surface area contributed by atoms with Crippen LogP contribution in [-0.4, -0.2) is 16.5 Å². The molecule has 0 saturated carbocycles. The molecule has 0 aromatic carbocycles. The van der Waals surface area contributed by atoms with Crippen LogP contribution in [0, 0.1) is 0 Å². The zero-order valence-electron chi connectivity index (χ0n) is 7.07. The van der Waals surface area contributed by atoms with Crippen LogP contribution in [0.5, 0.6) is 0 Å². The molecule has 0 aliphatic carbocycles. The van der Waals surface area contributed by atoms with Crippen molar-refractivity contribution in [2.75, 3.05) is 12.3 Å². The molecule has 0 amide bonds. The number of rotatable bonds is 3. The van der Waals surface area contributed by atoms with E-state index in [4.69, 9.17) is 23.1 Å². The molecule has 0 fully saturated rings. The minimum atomic E-state index is 0.335. The normalized spacial score (nSPS) is 10.9. The van der Waals surface area contributed by atoms with Gasteiger partial charge in [0, 0.05) is 0 Å². The highest BCUT2D eigenvalue weighted by molar-refractivity contribution is 6.29. The predicted molar refractivity (Wildman–Crippen MR) is 54.2 cm³/mol. The van der Waals surface area contributed by atoms with Crippen LogP contribution < -0.4 is 11.5 Å². The summed E-state index contributed by atoms with van der Waals surface area (Å²) in [5.41, 5.74) is 11.5. The first-order chi connectivity index (χ1) is 6.24. The van der Waals surface area contributed by atoms with E-state index in [-0.39, 0.29) is 0 Å². The van der Waals surface area contributed by atoms with Gasteiger partial charge in [0.15, 0.2) is 0 Å². The first kappa shape index (κ1) is 9.95. The Balaban J connectivity index is 2.81. The second kappa shape index (κ2) is 4.79. The average molecular weight is 199 g/mol. The highest BCUT2D eigenvalue weighted by Crippen LogP contribution is 2.11. The first-order valence-corrected chi connectivity index (χ1v) is 4.26. The number of nitrogens with two attached hydrogens (primary N) is 2. The highest BCUT2D eigenvalue weighted by atomic mass is 35.5. The standard InChI is InChI=1S/C8H11ClN4/c9-7-5-12-8(11)6(13-7)3-1-2-4-10/h1,3,5H,2,4,10H2,(H2,11,12). The van der Waals surface area contributed by atoms with E-state index in [0.29, 0.717) is 23.2 Å². The molecule has 0 unspecified atom stereocenters. The molecule has 0 atom stereocenters. The molecule has 0 aliphatic rings. The van der Waals surface area contributed by atoms with Crippen LogP contribution in [0.25, 0.3) is 6.08 Å². The first-order valence-electron chi connectivity index (χ1n) is 3.88. The third kappa shape index (κ3) is 3.01. The predicted octanol–water partition coefficient (Wildman–Crippen LogP) is 1.07. The molecule has 4 N–H and O–H groups in total. The molecule has 5 heteroatoms. The van der Waals surface area contributed by atoms with Crippen molar-refractivity contribution in [1.82, 2.24) is 9.97 Å². The summed E-state index contributed by atoms with van der Waals surface area (Å²) in [5, 5.41) is 0.335. The fourth-order valence-corrected chi connectivity index (χ4v) is 0.944. The lowest BCUT2D eigenvalue weighted by Crippen LogP contribution is -1.97. The van der Waals surface area contributed by atoms with Gasteiger partial charge in [0.1, 0.15) is 16.7 Å². The molecule has 0 aliphatic heterocycles. The Hall–Kier alpha value is -1.13. The van der Waals surface area contributed by atoms with Gasteiger partial charge in [-0.2, -0.15) is 0 Å². The van der Waals surface area contributed by atoms with Gasteiger partial charge in [-0.05, 0) is 19.0 Å². The molecule has 4 nitrogen and oxygen atoms in total. The lowest BCUT2D eigenvalue weighted by molar-refractivity contribution is 1.01. The smallest absolute Gasteiger partial charge is 0.149 e. The number of hydrogen-bond acceptors (Lipinski definition) is 4. The van der Waals surface area contributed by atoms with E-state index in [1.165, 1.54) is 6.20 Å². The highest BCUT2D eigenvalue weighted by Gasteiger charge is 1.98. The molecule has 1 aromatic rings. The van der Waals surface area contributed by atoms with Crippen LogP contribution in [0.15, 0.2) is 12.3 Å². The van der Waals surface area contributed by atoms with Crippen molar-refractivity contribution in [2.45, 2.75) is 6.42 Å². The number of nitrogens with zero attached hydrogens (tertiary/aromatic N) is 2. The summed E-state index contributed by atoms with van der Waals surface area (Å²) in [6.07, 6.45) is 5.85. The second-order valence-corrected chi connectivity index (χ2v) is 2.83. The monoisotopic (exact) mass is 198 g/mol. The molecule has 1 aromatic heterocycles. The summed E-state index contributed by atoms with van der Waals surface area (Å²) in [5.74, 6) is 0.373. The maximum absolute atomic E-state index is 5.64. The summed E-state index contributed by atoms with van der Waals surface area (Å²) < 4.78 is 0. The van der Waals surface area contributed by atoms with Crippen molar-refractivity contribution >= 4 is 23.5 Å². The van der Waals surface area contributed by atoms with E-state index in [1.807, 2.05) is 6.08 Å². The Morgan fingerprint density at radius 3 is 3.00 bits per heavy atom. The molecule has 1 heterocycles. The van der Waals surface area contributed by atoms with Gasteiger partial charge in [0.2, 0.25) is 0 Å². The van der Waals surface area contributed by atoms with Crippen LogP contribution in [0.2, 0.25) is 5.15 Å². The molecular formula is C8H11ClN4. The summed E-state index contributed by atoms with van der Waals surface area (Å²) in [4.78, 5) is 7.85. The van der Waals surface area contributed by atoms with Crippen molar-refractivity contribution < 1.29 is 0 Å². The van der Waals surface area contributed by atoms with Gasteiger partial charge in [0.25, 0.3) is 0 Å². The van der Waals surface area contributed by atoms with Gasteiger partial charge in [-0.15, -0.1) is 0 Å². The lowest BCUT2D eigenvalue weighted by Gasteiger charge is -1.97. The van der Waals surface area contributed by atoms with Crippen molar-refractivity contribution in [3.63, 3.8) is 0 Å². The van der Waals surface area contributed by atoms with E-state index >= 15 is 0 Å². The summed E-state index contributed by atoms with van der Waals surface area (Å²) in [6.45, 7) is 0.602. The van der Waals surface area contributed by atoms with E-state index in [0.717, 1.165) is 6.42 Å². The van der Waals surface area contributed by atoms with Crippen LogP contribution in [0.4, 0.5) is 5.82 Å². The number of hydrogen-bond donors (Lipinski definition) is 2. The fourth-order valence-electron chi connectivity index (χ4n) is 0.804. The van der Waals surface area contributed by atoms with Gasteiger partial charge < -0.3 is 11.5 Å².